The number of benzene rings is 2. The minimum atomic E-state index is -0.267. The van der Waals surface area contributed by atoms with E-state index < -0.39 is 0 Å². The molecule has 2 aromatic carbocycles. The first-order valence-electron chi connectivity index (χ1n) is 8.52. The molecule has 0 aliphatic rings. The highest BCUT2D eigenvalue weighted by Crippen LogP contribution is 2.18. The van der Waals surface area contributed by atoms with Crippen LogP contribution < -0.4 is 10.6 Å². The fourth-order valence-corrected chi connectivity index (χ4v) is 2.62. The van der Waals surface area contributed by atoms with Crippen LogP contribution in [0.25, 0.3) is 0 Å². The molecular formula is C21H22N4O. The molecule has 3 rings (SSSR count). The molecule has 132 valence electrons. The van der Waals surface area contributed by atoms with E-state index in [1.165, 1.54) is 17.3 Å². The highest BCUT2D eigenvalue weighted by molar-refractivity contribution is 6.03. The maximum atomic E-state index is 12.4. The molecule has 0 spiro atoms. The lowest BCUT2D eigenvalue weighted by molar-refractivity contribution is 0.102. The SMILES string of the molecule is Cc1cccc(CNc2cnc(C(=O)Nc3cccc(C)c3C)cn2)c1. The quantitative estimate of drug-likeness (QED) is 0.724. The van der Waals surface area contributed by atoms with E-state index in [-0.39, 0.29) is 11.6 Å². The molecule has 5 nitrogen and oxygen atoms in total. The molecule has 1 aromatic heterocycles. The van der Waals surface area contributed by atoms with Gasteiger partial charge in [-0.25, -0.2) is 9.97 Å². The Bertz CT molecular complexity index is 920. The Kier molecular flexibility index (Phi) is 5.27. The zero-order valence-corrected chi connectivity index (χ0v) is 15.2. The van der Waals surface area contributed by atoms with Gasteiger partial charge in [0, 0.05) is 12.2 Å². The lowest BCUT2D eigenvalue weighted by Crippen LogP contribution is -2.15. The first kappa shape index (κ1) is 17.6. The average molecular weight is 346 g/mol. The highest BCUT2D eigenvalue weighted by Gasteiger charge is 2.10. The van der Waals surface area contributed by atoms with E-state index in [0.717, 1.165) is 16.8 Å². The first-order chi connectivity index (χ1) is 12.5. The van der Waals surface area contributed by atoms with Gasteiger partial charge in [-0.3, -0.25) is 4.79 Å². The first-order valence-corrected chi connectivity index (χ1v) is 8.52. The Labute approximate surface area is 153 Å². The van der Waals surface area contributed by atoms with Crippen molar-refractivity contribution in [1.29, 1.82) is 0 Å². The van der Waals surface area contributed by atoms with Crippen molar-refractivity contribution >= 4 is 17.4 Å². The monoisotopic (exact) mass is 346 g/mol. The van der Waals surface area contributed by atoms with Gasteiger partial charge in [-0.1, -0.05) is 42.0 Å². The average Bonchev–Trinajstić information content (AvgIpc) is 2.64. The summed E-state index contributed by atoms with van der Waals surface area (Å²) in [6.07, 6.45) is 3.06. The van der Waals surface area contributed by atoms with Crippen LogP contribution in [0.5, 0.6) is 0 Å². The van der Waals surface area contributed by atoms with E-state index in [0.29, 0.717) is 12.4 Å². The summed E-state index contributed by atoms with van der Waals surface area (Å²) < 4.78 is 0. The van der Waals surface area contributed by atoms with Gasteiger partial charge in [-0.15, -0.1) is 0 Å². The summed E-state index contributed by atoms with van der Waals surface area (Å²) in [5.41, 5.74) is 5.64. The van der Waals surface area contributed by atoms with Crippen molar-refractivity contribution in [2.75, 3.05) is 10.6 Å². The molecule has 1 heterocycles. The van der Waals surface area contributed by atoms with Gasteiger partial charge < -0.3 is 10.6 Å². The zero-order chi connectivity index (χ0) is 18.5. The number of carbonyl (C=O) groups is 1. The van der Waals surface area contributed by atoms with Crippen molar-refractivity contribution in [3.63, 3.8) is 0 Å². The lowest BCUT2D eigenvalue weighted by Gasteiger charge is -2.10. The fraction of sp³-hybridized carbons (Fsp3) is 0.190. The van der Waals surface area contributed by atoms with E-state index in [4.69, 9.17) is 0 Å². The summed E-state index contributed by atoms with van der Waals surface area (Å²) in [6.45, 7) is 6.71. The van der Waals surface area contributed by atoms with Gasteiger partial charge in [-0.05, 0) is 43.5 Å². The van der Waals surface area contributed by atoms with Crippen molar-refractivity contribution in [2.45, 2.75) is 27.3 Å². The van der Waals surface area contributed by atoms with Crippen molar-refractivity contribution < 1.29 is 4.79 Å². The van der Waals surface area contributed by atoms with Crippen LogP contribution >= 0.6 is 0 Å². The maximum absolute atomic E-state index is 12.4. The van der Waals surface area contributed by atoms with E-state index in [2.05, 4.69) is 45.7 Å². The van der Waals surface area contributed by atoms with Crippen molar-refractivity contribution in [1.82, 2.24) is 9.97 Å². The number of anilines is 2. The van der Waals surface area contributed by atoms with Gasteiger partial charge in [0.2, 0.25) is 0 Å². The number of amides is 1. The second kappa shape index (κ2) is 7.78. The van der Waals surface area contributed by atoms with Crippen molar-refractivity contribution in [2.24, 2.45) is 0 Å². The molecule has 0 fully saturated rings. The van der Waals surface area contributed by atoms with Crippen LogP contribution in [0.15, 0.2) is 54.9 Å². The Balaban J connectivity index is 1.63. The molecule has 0 aliphatic carbocycles. The Morgan fingerprint density at radius 2 is 1.81 bits per heavy atom. The van der Waals surface area contributed by atoms with Crippen LogP contribution in [0.4, 0.5) is 11.5 Å². The Morgan fingerprint density at radius 3 is 2.54 bits per heavy atom. The molecule has 0 unspecified atom stereocenters. The number of aromatic nitrogens is 2. The predicted octanol–water partition coefficient (Wildman–Crippen LogP) is 4.27. The zero-order valence-electron chi connectivity index (χ0n) is 15.2. The van der Waals surface area contributed by atoms with Crippen LogP contribution in [-0.2, 0) is 6.54 Å². The molecule has 0 atom stereocenters. The molecule has 2 N–H and O–H groups in total. The minimum absolute atomic E-state index is 0.267. The highest BCUT2D eigenvalue weighted by atomic mass is 16.1. The Hall–Kier alpha value is -3.21. The maximum Gasteiger partial charge on any atom is 0.275 e. The largest absolute Gasteiger partial charge is 0.365 e. The van der Waals surface area contributed by atoms with Crippen LogP contribution in [0.1, 0.15) is 32.7 Å². The van der Waals surface area contributed by atoms with Crippen LogP contribution in [0.3, 0.4) is 0 Å². The number of rotatable bonds is 5. The normalized spacial score (nSPS) is 10.4. The molecule has 0 radical (unpaired) electrons. The van der Waals surface area contributed by atoms with E-state index in [1.54, 1.807) is 6.20 Å². The molecular weight excluding hydrogens is 324 g/mol. The minimum Gasteiger partial charge on any atom is -0.365 e. The number of nitrogens with one attached hydrogen (secondary N) is 2. The predicted molar refractivity (Wildman–Crippen MR) is 104 cm³/mol. The van der Waals surface area contributed by atoms with Crippen LogP contribution in [0.2, 0.25) is 0 Å². The molecule has 1 amide bonds. The molecule has 5 heteroatoms. The smallest absolute Gasteiger partial charge is 0.275 e. The Morgan fingerprint density at radius 1 is 1.00 bits per heavy atom. The third kappa shape index (κ3) is 4.25. The number of aryl methyl sites for hydroxylation is 2. The second-order valence-electron chi connectivity index (χ2n) is 6.33. The summed E-state index contributed by atoms with van der Waals surface area (Å²) in [5.74, 6) is 0.367. The summed E-state index contributed by atoms with van der Waals surface area (Å²) in [5, 5.41) is 6.10. The third-order valence-corrected chi connectivity index (χ3v) is 4.29. The van der Waals surface area contributed by atoms with Crippen LogP contribution in [0, 0.1) is 20.8 Å². The molecule has 3 aromatic rings. The number of hydrogen-bond donors (Lipinski definition) is 2. The molecule has 26 heavy (non-hydrogen) atoms. The number of hydrogen-bond acceptors (Lipinski definition) is 4. The lowest BCUT2D eigenvalue weighted by atomic mass is 10.1. The summed E-state index contributed by atoms with van der Waals surface area (Å²) in [6, 6.07) is 14.1. The number of carbonyl (C=O) groups excluding carboxylic acids is 1. The van der Waals surface area contributed by atoms with Crippen LogP contribution in [-0.4, -0.2) is 15.9 Å². The van der Waals surface area contributed by atoms with Gasteiger partial charge in [0.25, 0.3) is 5.91 Å². The fourth-order valence-electron chi connectivity index (χ4n) is 2.62. The third-order valence-electron chi connectivity index (χ3n) is 4.29. The van der Waals surface area contributed by atoms with E-state index in [1.807, 2.05) is 38.1 Å². The molecule has 0 saturated heterocycles. The van der Waals surface area contributed by atoms with E-state index in [9.17, 15) is 4.79 Å². The standard InChI is InChI=1S/C21H22N4O/c1-14-6-4-8-17(10-14)11-23-20-13-22-19(12-24-20)21(26)25-18-9-5-7-15(2)16(18)3/h4-10,12-13H,11H2,1-3H3,(H,23,24)(H,25,26). The van der Waals surface area contributed by atoms with Crippen molar-refractivity contribution in [3.05, 3.63) is 82.8 Å². The van der Waals surface area contributed by atoms with Gasteiger partial charge in [-0.2, -0.15) is 0 Å². The van der Waals surface area contributed by atoms with Gasteiger partial charge in [0.15, 0.2) is 0 Å². The van der Waals surface area contributed by atoms with E-state index >= 15 is 0 Å². The van der Waals surface area contributed by atoms with Gasteiger partial charge in [0.05, 0.1) is 12.4 Å². The topological polar surface area (TPSA) is 66.9 Å². The van der Waals surface area contributed by atoms with Gasteiger partial charge >= 0.3 is 0 Å². The summed E-state index contributed by atoms with van der Waals surface area (Å²) >= 11 is 0. The van der Waals surface area contributed by atoms with Crippen molar-refractivity contribution in [3.8, 4) is 0 Å². The molecule has 0 bridgehead atoms. The second-order valence-corrected chi connectivity index (χ2v) is 6.33. The summed E-state index contributed by atoms with van der Waals surface area (Å²) in [4.78, 5) is 20.9. The summed E-state index contributed by atoms with van der Waals surface area (Å²) in [7, 11) is 0. The van der Waals surface area contributed by atoms with Gasteiger partial charge in [0.1, 0.15) is 11.5 Å². The number of nitrogens with zero attached hydrogens (tertiary/aromatic N) is 2. The molecule has 0 aliphatic heterocycles. The molecule has 0 saturated carbocycles.